The van der Waals surface area contributed by atoms with E-state index in [2.05, 4.69) is 26.2 Å². The molecule has 3 heterocycles. The van der Waals surface area contributed by atoms with Crippen LogP contribution in [-0.4, -0.2) is 37.7 Å². The summed E-state index contributed by atoms with van der Waals surface area (Å²) in [7, 11) is 1.96. The molecule has 0 radical (unpaired) electrons. The van der Waals surface area contributed by atoms with Crippen molar-refractivity contribution in [1.82, 2.24) is 24.6 Å². The molecule has 1 aliphatic rings. The Morgan fingerprint density at radius 2 is 2.05 bits per heavy atom. The van der Waals surface area contributed by atoms with Crippen LogP contribution in [0.3, 0.4) is 0 Å². The zero-order valence-electron chi connectivity index (χ0n) is 11.2. The Hall–Kier alpha value is -1.75. The van der Waals surface area contributed by atoms with Gasteiger partial charge in [0.1, 0.15) is 0 Å². The van der Waals surface area contributed by atoms with Gasteiger partial charge in [-0.25, -0.2) is 0 Å². The van der Waals surface area contributed by atoms with Gasteiger partial charge >= 0.3 is 0 Å². The molecule has 3 rings (SSSR count). The van der Waals surface area contributed by atoms with Crippen LogP contribution in [-0.2, 0) is 13.6 Å². The van der Waals surface area contributed by atoms with E-state index in [1.54, 1.807) is 12.4 Å². The maximum Gasteiger partial charge on any atom is 0.0618 e. The second-order valence-corrected chi connectivity index (χ2v) is 5.20. The van der Waals surface area contributed by atoms with Gasteiger partial charge in [-0.3, -0.25) is 19.5 Å². The lowest BCUT2D eigenvalue weighted by Gasteiger charge is -2.31. The van der Waals surface area contributed by atoms with Crippen molar-refractivity contribution in [3.05, 3.63) is 42.2 Å². The van der Waals surface area contributed by atoms with E-state index in [-0.39, 0.29) is 0 Å². The van der Waals surface area contributed by atoms with Crippen LogP contribution in [0, 0.1) is 0 Å². The monoisotopic (exact) mass is 257 g/mol. The van der Waals surface area contributed by atoms with E-state index in [1.807, 2.05) is 24.1 Å². The van der Waals surface area contributed by atoms with Crippen molar-refractivity contribution in [3.63, 3.8) is 0 Å². The van der Waals surface area contributed by atoms with Gasteiger partial charge in [-0.2, -0.15) is 5.10 Å². The lowest BCUT2D eigenvalue weighted by atomic mass is 9.93. The van der Waals surface area contributed by atoms with Crippen molar-refractivity contribution < 1.29 is 0 Å². The summed E-state index contributed by atoms with van der Waals surface area (Å²) in [5, 5.41) is 4.22. The maximum atomic E-state index is 4.42. The lowest BCUT2D eigenvalue weighted by Crippen LogP contribution is -2.32. The van der Waals surface area contributed by atoms with Crippen molar-refractivity contribution >= 4 is 0 Å². The van der Waals surface area contributed by atoms with Gasteiger partial charge in [0.25, 0.3) is 0 Å². The van der Waals surface area contributed by atoms with E-state index >= 15 is 0 Å². The Labute approximate surface area is 113 Å². The van der Waals surface area contributed by atoms with Gasteiger partial charge in [0, 0.05) is 49.9 Å². The number of rotatable bonds is 3. The fourth-order valence-electron chi connectivity index (χ4n) is 2.72. The minimum Gasteiger partial charge on any atom is -0.299 e. The minimum absolute atomic E-state index is 0.568. The highest BCUT2D eigenvalue weighted by Crippen LogP contribution is 2.26. The molecule has 1 fully saturated rings. The predicted octanol–water partition coefficient (Wildman–Crippen LogP) is 1.59. The Morgan fingerprint density at radius 1 is 1.21 bits per heavy atom. The third-order valence-corrected chi connectivity index (χ3v) is 3.75. The van der Waals surface area contributed by atoms with E-state index < -0.39 is 0 Å². The minimum atomic E-state index is 0.568. The molecule has 0 N–H and O–H groups in total. The average Bonchev–Trinajstić information content (AvgIpc) is 2.86. The number of hydrogen-bond acceptors (Lipinski definition) is 4. The maximum absolute atomic E-state index is 4.42. The fourth-order valence-corrected chi connectivity index (χ4v) is 2.72. The Morgan fingerprint density at radius 3 is 2.68 bits per heavy atom. The van der Waals surface area contributed by atoms with Crippen LogP contribution >= 0.6 is 0 Å². The van der Waals surface area contributed by atoms with Crippen LogP contribution in [0.2, 0.25) is 0 Å². The van der Waals surface area contributed by atoms with Crippen LogP contribution in [0.1, 0.15) is 30.0 Å². The summed E-state index contributed by atoms with van der Waals surface area (Å²) in [6, 6.07) is 0. The van der Waals surface area contributed by atoms with Crippen molar-refractivity contribution in [1.29, 1.82) is 0 Å². The quantitative estimate of drug-likeness (QED) is 0.837. The average molecular weight is 257 g/mol. The molecule has 0 atom stereocenters. The molecule has 0 aliphatic carbocycles. The summed E-state index contributed by atoms with van der Waals surface area (Å²) in [6.07, 6.45) is 11.8. The zero-order valence-corrected chi connectivity index (χ0v) is 11.2. The summed E-state index contributed by atoms with van der Waals surface area (Å²) in [4.78, 5) is 11.1. The molecule has 5 nitrogen and oxygen atoms in total. The number of nitrogens with zero attached hydrogens (tertiary/aromatic N) is 5. The highest BCUT2D eigenvalue weighted by atomic mass is 15.2. The number of piperidine rings is 1. The van der Waals surface area contributed by atoms with E-state index in [0.29, 0.717) is 5.92 Å². The van der Waals surface area contributed by atoms with Gasteiger partial charge in [-0.1, -0.05) is 0 Å². The molecule has 0 unspecified atom stereocenters. The molecule has 0 bridgehead atoms. The Bertz CT molecular complexity index is 514. The summed E-state index contributed by atoms with van der Waals surface area (Å²) in [5.41, 5.74) is 2.43. The second kappa shape index (κ2) is 5.48. The van der Waals surface area contributed by atoms with Crippen molar-refractivity contribution in [3.8, 4) is 0 Å². The number of aromatic nitrogens is 4. The molecule has 2 aromatic rings. The molecule has 5 heteroatoms. The van der Waals surface area contributed by atoms with E-state index in [4.69, 9.17) is 0 Å². The molecule has 0 spiro atoms. The molecule has 19 heavy (non-hydrogen) atoms. The first-order valence-corrected chi connectivity index (χ1v) is 6.77. The van der Waals surface area contributed by atoms with Crippen LogP contribution in [0.4, 0.5) is 0 Å². The third kappa shape index (κ3) is 2.98. The number of likely N-dealkylation sites (tertiary alicyclic amines) is 1. The van der Waals surface area contributed by atoms with Crippen LogP contribution in [0.15, 0.2) is 31.0 Å². The molecule has 1 aliphatic heterocycles. The molecular weight excluding hydrogens is 238 g/mol. The van der Waals surface area contributed by atoms with Crippen molar-refractivity contribution in [2.45, 2.75) is 25.3 Å². The van der Waals surface area contributed by atoms with Crippen LogP contribution in [0.5, 0.6) is 0 Å². The molecule has 100 valence electrons. The normalized spacial score (nSPS) is 17.7. The summed E-state index contributed by atoms with van der Waals surface area (Å²) in [5.74, 6) is 0.568. The zero-order chi connectivity index (χ0) is 13.1. The van der Waals surface area contributed by atoms with Gasteiger partial charge < -0.3 is 0 Å². The lowest BCUT2D eigenvalue weighted by molar-refractivity contribution is 0.203. The summed E-state index contributed by atoms with van der Waals surface area (Å²) < 4.78 is 1.86. The smallest absolute Gasteiger partial charge is 0.0618 e. The number of aryl methyl sites for hydroxylation is 1. The first-order chi connectivity index (χ1) is 9.31. The molecule has 1 saturated heterocycles. The van der Waals surface area contributed by atoms with Crippen molar-refractivity contribution in [2.75, 3.05) is 13.1 Å². The summed E-state index contributed by atoms with van der Waals surface area (Å²) in [6.45, 7) is 3.24. The van der Waals surface area contributed by atoms with E-state index in [0.717, 1.165) is 25.3 Å². The van der Waals surface area contributed by atoms with Gasteiger partial charge in [0.05, 0.1) is 11.9 Å². The second-order valence-electron chi connectivity index (χ2n) is 5.20. The SMILES string of the molecule is Cn1cc(CN2CCC(c3cnccn3)CC2)cn1. The highest BCUT2D eigenvalue weighted by Gasteiger charge is 2.21. The molecular formula is C14H19N5. The highest BCUT2D eigenvalue weighted by molar-refractivity contribution is 5.07. The predicted molar refractivity (Wildman–Crippen MR) is 72.5 cm³/mol. The molecule has 0 aromatic carbocycles. The first kappa shape index (κ1) is 12.3. The van der Waals surface area contributed by atoms with E-state index in [9.17, 15) is 0 Å². The largest absolute Gasteiger partial charge is 0.299 e. The Kier molecular flexibility index (Phi) is 3.55. The third-order valence-electron chi connectivity index (χ3n) is 3.75. The van der Waals surface area contributed by atoms with Gasteiger partial charge in [-0.05, 0) is 25.9 Å². The molecule has 0 amide bonds. The van der Waals surface area contributed by atoms with Gasteiger partial charge in [0.15, 0.2) is 0 Å². The standard InChI is InChI=1S/C14H19N5/c1-18-10-12(8-17-18)11-19-6-2-13(3-7-19)14-9-15-4-5-16-14/h4-5,8-10,13H,2-3,6-7,11H2,1H3. The fraction of sp³-hybridized carbons (Fsp3) is 0.500. The van der Waals surface area contributed by atoms with Crippen LogP contribution < -0.4 is 0 Å². The topological polar surface area (TPSA) is 46.8 Å². The Balaban J connectivity index is 1.55. The summed E-state index contributed by atoms with van der Waals surface area (Å²) >= 11 is 0. The molecule has 2 aromatic heterocycles. The first-order valence-electron chi connectivity index (χ1n) is 6.77. The van der Waals surface area contributed by atoms with Gasteiger partial charge in [-0.15, -0.1) is 0 Å². The van der Waals surface area contributed by atoms with Gasteiger partial charge in [0.2, 0.25) is 0 Å². The number of hydrogen-bond donors (Lipinski definition) is 0. The molecule has 0 saturated carbocycles. The van der Waals surface area contributed by atoms with Crippen molar-refractivity contribution in [2.24, 2.45) is 7.05 Å². The van der Waals surface area contributed by atoms with E-state index in [1.165, 1.54) is 18.4 Å². The van der Waals surface area contributed by atoms with Crippen LogP contribution in [0.25, 0.3) is 0 Å².